The summed E-state index contributed by atoms with van der Waals surface area (Å²) >= 11 is 1.23. The van der Waals surface area contributed by atoms with Crippen molar-refractivity contribution in [3.8, 4) is 0 Å². The first kappa shape index (κ1) is 23.6. The number of rotatable bonds is 9. The number of hydrogen-bond donors (Lipinski definition) is 0. The molecule has 1 aliphatic rings. The first-order valence-corrected chi connectivity index (χ1v) is 12.2. The lowest BCUT2D eigenvalue weighted by Gasteiger charge is -2.16. The summed E-state index contributed by atoms with van der Waals surface area (Å²) in [7, 11) is -2.41. The highest BCUT2D eigenvalue weighted by Gasteiger charge is 2.27. The monoisotopic (exact) mass is 479 g/mol. The van der Waals surface area contributed by atoms with Gasteiger partial charge in [-0.2, -0.15) is 0 Å². The van der Waals surface area contributed by atoms with Gasteiger partial charge in [-0.25, -0.2) is 18.0 Å². The lowest BCUT2D eigenvalue weighted by Crippen LogP contribution is -2.27. The largest absolute Gasteiger partial charge is 0.466 e. The van der Waals surface area contributed by atoms with E-state index in [2.05, 4.69) is 4.74 Å². The van der Waals surface area contributed by atoms with Gasteiger partial charge in [-0.1, -0.05) is 30.0 Å². The van der Waals surface area contributed by atoms with Gasteiger partial charge >= 0.3 is 11.9 Å². The average molecular weight is 480 g/mol. The van der Waals surface area contributed by atoms with Gasteiger partial charge in [-0.05, 0) is 24.6 Å². The second-order valence-electron chi connectivity index (χ2n) is 6.68. The molecule has 1 amide bonds. The summed E-state index contributed by atoms with van der Waals surface area (Å²) in [5, 5.41) is 0.479. The van der Waals surface area contributed by atoms with Crippen molar-refractivity contribution in [1.29, 1.82) is 0 Å². The Morgan fingerprint density at radius 3 is 2.69 bits per heavy atom. The molecule has 0 saturated carbocycles. The first-order valence-electron chi connectivity index (χ1n) is 9.56. The second-order valence-corrected chi connectivity index (χ2v) is 9.66. The number of carbonyl (C=O) groups is 3. The number of furan rings is 1. The number of methoxy groups -OCH3 is 1. The molecular weight excluding hydrogens is 458 g/mol. The second kappa shape index (κ2) is 10.5. The molecule has 1 saturated heterocycles. The van der Waals surface area contributed by atoms with Crippen LogP contribution in [0.1, 0.15) is 22.5 Å². The molecule has 0 radical (unpaired) electrons. The number of ether oxygens (including phenoxy) is 2. The van der Waals surface area contributed by atoms with Gasteiger partial charge in [-0.3, -0.25) is 4.79 Å². The standard InChI is InChI=1S/C21H21NO8S2/c1-28-19(24)12-18-22(17(23)13-31-18)9-5-10-30-21(25)20-15(8-11-29-20)14-32(26,27)16-6-3-2-4-7-16/h2-4,6-8,11-12H,5,9-10,13-14H2,1H3/b18-12+. The molecule has 1 aliphatic heterocycles. The van der Waals surface area contributed by atoms with Crippen LogP contribution in [0.15, 0.2) is 63.1 Å². The number of nitrogens with zero attached hydrogens (tertiary/aromatic N) is 1. The lowest BCUT2D eigenvalue weighted by molar-refractivity contribution is -0.134. The van der Waals surface area contributed by atoms with Crippen molar-refractivity contribution in [3.63, 3.8) is 0 Å². The number of amides is 1. The van der Waals surface area contributed by atoms with E-state index in [0.29, 0.717) is 11.4 Å². The van der Waals surface area contributed by atoms with Gasteiger partial charge in [-0.15, -0.1) is 0 Å². The van der Waals surface area contributed by atoms with Gasteiger partial charge < -0.3 is 18.8 Å². The molecule has 11 heteroatoms. The minimum Gasteiger partial charge on any atom is -0.466 e. The van der Waals surface area contributed by atoms with E-state index >= 15 is 0 Å². The maximum atomic E-state index is 12.6. The zero-order valence-electron chi connectivity index (χ0n) is 17.2. The summed E-state index contributed by atoms with van der Waals surface area (Å²) < 4.78 is 40.1. The van der Waals surface area contributed by atoms with Crippen molar-refractivity contribution >= 4 is 39.4 Å². The molecule has 2 aromatic rings. The summed E-state index contributed by atoms with van der Waals surface area (Å²) in [5.74, 6) is -1.87. The topological polar surface area (TPSA) is 120 Å². The molecule has 0 aliphatic carbocycles. The summed E-state index contributed by atoms with van der Waals surface area (Å²) in [6, 6.07) is 9.32. The van der Waals surface area contributed by atoms with Crippen LogP contribution in [0, 0.1) is 0 Å². The van der Waals surface area contributed by atoms with Crippen LogP contribution in [0.25, 0.3) is 0 Å². The molecule has 0 bridgehead atoms. The van der Waals surface area contributed by atoms with Crippen molar-refractivity contribution in [3.05, 3.63) is 65.1 Å². The maximum Gasteiger partial charge on any atom is 0.374 e. The lowest BCUT2D eigenvalue weighted by atomic mass is 10.3. The van der Waals surface area contributed by atoms with Gasteiger partial charge in [0.15, 0.2) is 9.84 Å². The van der Waals surface area contributed by atoms with Crippen molar-refractivity contribution in [1.82, 2.24) is 4.90 Å². The van der Waals surface area contributed by atoms with Crippen LogP contribution in [-0.4, -0.2) is 57.2 Å². The van der Waals surface area contributed by atoms with E-state index in [0.717, 1.165) is 0 Å². The summed E-state index contributed by atoms with van der Waals surface area (Å²) in [6.07, 6.45) is 2.79. The Kier molecular flexibility index (Phi) is 7.75. The van der Waals surface area contributed by atoms with E-state index in [4.69, 9.17) is 9.15 Å². The molecule has 3 rings (SSSR count). The fourth-order valence-corrected chi connectivity index (χ4v) is 5.26. The predicted molar refractivity (Wildman–Crippen MR) is 115 cm³/mol. The summed E-state index contributed by atoms with van der Waals surface area (Å²) in [6.45, 7) is 0.222. The van der Waals surface area contributed by atoms with Crippen LogP contribution in [-0.2, 0) is 34.7 Å². The zero-order chi connectivity index (χ0) is 23.1. The van der Waals surface area contributed by atoms with Crippen LogP contribution in [0.4, 0.5) is 0 Å². The molecule has 1 aromatic heterocycles. The Balaban J connectivity index is 1.55. The maximum absolute atomic E-state index is 12.6. The van der Waals surface area contributed by atoms with Crippen molar-refractivity contribution < 1.29 is 36.7 Å². The summed E-state index contributed by atoms with van der Waals surface area (Å²) in [5.41, 5.74) is 0.202. The molecule has 170 valence electrons. The molecule has 0 N–H and O–H groups in total. The Hall–Kier alpha value is -3.05. The van der Waals surface area contributed by atoms with Gasteiger partial charge in [0.05, 0.1) is 47.5 Å². The van der Waals surface area contributed by atoms with Crippen LogP contribution in [0.3, 0.4) is 0 Å². The Morgan fingerprint density at radius 1 is 1.22 bits per heavy atom. The number of carbonyl (C=O) groups excluding carboxylic acids is 3. The Morgan fingerprint density at radius 2 is 1.97 bits per heavy atom. The van der Waals surface area contributed by atoms with Gasteiger partial charge in [0.1, 0.15) is 0 Å². The van der Waals surface area contributed by atoms with Crippen molar-refractivity contribution in [2.75, 3.05) is 26.0 Å². The van der Waals surface area contributed by atoms with Gasteiger partial charge in [0.2, 0.25) is 11.7 Å². The van der Waals surface area contributed by atoms with Gasteiger partial charge in [0, 0.05) is 12.1 Å². The molecule has 32 heavy (non-hydrogen) atoms. The number of thioether (sulfide) groups is 1. The number of sulfone groups is 1. The minimum absolute atomic E-state index is 0.0235. The smallest absolute Gasteiger partial charge is 0.374 e. The number of benzene rings is 1. The molecule has 9 nitrogen and oxygen atoms in total. The molecule has 1 aromatic carbocycles. The highest BCUT2D eigenvalue weighted by molar-refractivity contribution is 8.04. The highest BCUT2D eigenvalue weighted by atomic mass is 32.2. The third kappa shape index (κ3) is 5.80. The Labute approximate surface area is 189 Å². The van der Waals surface area contributed by atoms with E-state index in [9.17, 15) is 22.8 Å². The average Bonchev–Trinajstić information content (AvgIpc) is 3.38. The molecule has 1 fully saturated rings. The molecule has 0 unspecified atom stereocenters. The van der Waals surface area contributed by atoms with E-state index < -0.39 is 27.5 Å². The van der Waals surface area contributed by atoms with Crippen LogP contribution < -0.4 is 0 Å². The molecule has 0 spiro atoms. The van der Waals surface area contributed by atoms with Crippen LogP contribution in [0.5, 0.6) is 0 Å². The normalized spacial score (nSPS) is 15.2. The third-order valence-electron chi connectivity index (χ3n) is 4.49. The fourth-order valence-electron chi connectivity index (χ4n) is 2.93. The molecule has 2 heterocycles. The minimum atomic E-state index is -3.66. The molecule has 0 atom stereocenters. The van der Waals surface area contributed by atoms with Crippen molar-refractivity contribution in [2.45, 2.75) is 17.1 Å². The number of esters is 2. The summed E-state index contributed by atoms with van der Waals surface area (Å²) in [4.78, 5) is 37.4. The Bertz CT molecular complexity index is 1120. The number of hydrogen-bond acceptors (Lipinski definition) is 9. The third-order valence-corrected chi connectivity index (χ3v) is 7.20. The van der Waals surface area contributed by atoms with E-state index in [1.165, 1.54) is 54.3 Å². The fraction of sp³-hybridized carbons (Fsp3) is 0.286. The van der Waals surface area contributed by atoms with Crippen LogP contribution >= 0.6 is 11.8 Å². The molecular formula is C21H21NO8S2. The van der Waals surface area contributed by atoms with Crippen LogP contribution in [0.2, 0.25) is 0 Å². The van der Waals surface area contributed by atoms with Gasteiger partial charge in [0.25, 0.3) is 0 Å². The zero-order valence-corrected chi connectivity index (χ0v) is 18.8. The first-order chi connectivity index (χ1) is 15.3. The predicted octanol–water partition coefficient (Wildman–Crippen LogP) is 2.39. The SMILES string of the molecule is COC(=O)/C=C1/SCC(=O)N1CCCOC(=O)c1occc1CS(=O)(=O)c1ccccc1. The quantitative estimate of drug-likeness (QED) is 0.303. The van der Waals surface area contributed by atoms with Crippen molar-refractivity contribution in [2.24, 2.45) is 0 Å². The van der Waals surface area contributed by atoms with E-state index in [-0.39, 0.29) is 41.0 Å². The van der Waals surface area contributed by atoms with E-state index in [1.807, 2.05) is 0 Å². The van der Waals surface area contributed by atoms with E-state index in [1.54, 1.807) is 18.2 Å². The highest BCUT2D eigenvalue weighted by Crippen LogP contribution is 2.29.